The summed E-state index contributed by atoms with van der Waals surface area (Å²) in [7, 11) is -0.921. The van der Waals surface area contributed by atoms with E-state index in [4.69, 9.17) is 14.0 Å². The number of nitrogens with zero attached hydrogens (tertiary/aromatic N) is 3. The molecular formula is C25H34BF4N3O4. The Morgan fingerprint density at radius 3 is 2.16 bits per heavy atom. The standard InChI is InChI=1S/C25H34BF4N3O4/c1-21(2,3)35-20(34)32-12-10-24(27,11-13-32)15-33-18-14-16(25(28,29)30)8-9-17(18)19(31-33)26-36-22(4,5)23(6,7)37-26/h8-9,14H,10-13,15H2,1-7H3. The van der Waals surface area contributed by atoms with Crippen molar-refractivity contribution in [3.8, 4) is 0 Å². The second-order valence-corrected chi connectivity index (χ2v) is 12.0. The second-order valence-electron chi connectivity index (χ2n) is 12.0. The first-order chi connectivity index (χ1) is 16.8. The van der Waals surface area contributed by atoms with Gasteiger partial charge in [-0.3, -0.25) is 4.68 Å². The van der Waals surface area contributed by atoms with E-state index in [1.165, 1.54) is 15.6 Å². The smallest absolute Gasteiger partial charge is 0.444 e. The molecule has 0 radical (unpaired) electrons. The maximum Gasteiger partial charge on any atom is 0.517 e. The van der Waals surface area contributed by atoms with Crippen LogP contribution in [0.25, 0.3) is 10.9 Å². The zero-order valence-corrected chi connectivity index (χ0v) is 22.3. The number of rotatable bonds is 3. The molecule has 0 aliphatic carbocycles. The fourth-order valence-corrected chi connectivity index (χ4v) is 4.47. The largest absolute Gasteiger partial charge is 0.517 e. The molecule has 0 atom stereocenters. The number of hydrogen-bond acceptors (Lipinski definition) is 5. The molecule has 37 heavy (non-hydrogen) atoms. The Labute approximate surface area is 214 Å². The van der Waals surface area contributed by atoms with Crippen molar-refractivity contribution in [2.24, 2.45) is 0 Å². The van der Waals surface area contributed by atoms with Gasteiger partial charge in [0.15, 0.2) is 0 Å². The van der Waals surface area contributed by atoms with E-state index in [0.29, 0.717) is 11.0 Å². The molecule has 3 heterocycles. The number of amides is 1. The third-order valence-corrected chi connectivity index (χ3v) is 7.33. The number of carbonyl (C=O) groups is 1. The molecular weight excluding hydrogens is 493 g/mol. The molecule has 1 aromatic heterocycles. The Morgan fingerprint density at radius 1 is 1.08 bits per heavy atom. The van der Waals surface area contributed by atoms with E-state index >= 15 is 4.39 Å². The Balaban J connectivity index is 1.64. The van der Waals surface area contributed by atoms with E-state index in [1.807, 2.05) is 27.7 Å². The van der Waals surface area contributed by atoms with E-state index in [2.05, 4.69) is 5.10 Å². The van der Waals surface area contributed by atoms with Crippen LogP contribution in [0.5, 0.6) is 0 Å². The zero-order chi connectivity index (χ0) is 27.6. The monoisotopic (exact) mass is 527 g/mol. The van der Waals surface area contributed by atoms with Crippen LogP contribution in [-0.4, -0.2) is 63.5 Å². The molecule has 1 amide bonds. The van der Waals surface area contributed by atoms with E-state index in [1.54, 1.807) is 20.8 Å². The lowest BCUT2D eigenvalue weighted by Crippen LogP contribution is -2.48. The van der Waals surface area contributed by atoms with Crippen molar-refractivity contribution >= 4 is 29.7 Å². The minimum absolute atomic E-state index is 0.00161. The average Bonchev–Trinajstić information content (AvgIpc) is 3.19. The van der Waals surface area contributed by atoms with Crippen LogP contribution in [0.4, 0.5) is 22.4 Å². The van der Waals surface area contributed by atoms with Gasteiger partial charge in [-0.15, -0.1) is 0 Å². The number of carbonyl (C=O) groups excluding carboxylic acids is 1. The number of piperidine rings is 1. The zero-order valence-electron chi connectivity index (χ0n) is 22.3. The van der Waals surface area contributed by atoms with Crippen LogP contribution in [0.3, 0.4) is 0 Å². The van der Waals surface area contributed by atoms with Gasteiger partial charge in [0.2, 0.25) is 0 Å². The maximum absolute atomic E-state index is 16.0. The van der Waals surface area contributed by atoms with Crippen LogP contribution in [0, 0.1) is 0 Å². The van der Waals surface area contributed by atoms with Gasteiger partial charge >= 0.3 is 19.4 Å². The van der Waals surface area contributed by atoms with Gasteiger partial charge in [0.05, 0.1) is 28.8 Å². The van der Waals surface area contributed by atoms with Crippen LogP contribution < -0.4 is 5.59 Å². The molecule has 0 unspecified atom stereocenters. The molecule has 204 valence electrons. The van der Waals surface area contributed by atoms with Crippen molar-refractivity contribution in [1.82, 2.24) is 14.7 Å². The van der Waals surface area contributed by atoms with Crippen molar-refractivity contribution in [2.75, 3.05) is 13.1 Å². The summed E-state index contributed by atoms with van der Waals surface area (Å²) in [5, 5.41) is 4.93. The predicted molar refractivity (Wildman–Crippen MR) is 131 cm³/mol. The Kier molecular flexibility index (Phi) is 6.63. The minimum Gasteiger partial charge on any atom is -0.444 e. The Hall–Kier alpha value is -2.34. The number of benzene rings is 1. The molecule has 2 fully saturated rings. The lowest BCUT2D eigenvalue weighted by atomic mass is 9.82. The molecule has 4 rings (SSSR count). The fraction of sp³-hybridized carbons (Fsp3) is 0.680. The fourth-order valence-electron chi connectivity index (χ4n) is 4.47. The molecule has 0 spiro atoms. The Bertz CT molecular complexity index is 1170. The van der Waals surface area contributed by atoms with Crippen molar-refractivity contribution in [3.05, 3.63) is 23.8 Å². The lowest BCUT2D eigenvalue weighted by Gasteiger charge is -2.37. The quantitative estimate of drug-likeness (QED) is 0.411. The molecule has 0 saturated carbocycles. The molecule has 1 aromatic carbocycles. The average molecular weight is 527 g/mol. The summed E-state index contributed by atoms with van der Waals surface area (Å²) >= 11 is 0. The van der Waals surface area contributed by atoms with Gasteiger partial charge < -0.3 is 18.9 Å². The van der Waals surface area contributed by atoms with Crippen molar-refractivity contribution in [1.29, 1.82) is 0 Å². The van der Waals surface area contributed by atoms with Gasteiger partial charge in [-0.25, -0.2) is 9.18 Å². The number of aromatic nitrogens is 2. The van der Waals surface area contributed by atoms with E-state index < -0.39 is 47.4 Å². The summed E-state index contributed by atoms with van der Waals surface area (Å²) in [6.07, 6.45) is -5.09. The van der Waals surface area contributed by atoms with Gasteiger partial charge in [-0.2, -0.15) is 18.3 Å². The van der Waals surface area contributed by atoms with Crippen molar-refractivity contribution in [2.45, 2.75) is 96.5 Å². The summed E-state index contributed by atoms with van der Waals surface area (Å²) < 4.78 is 75.4. The van der Waals surface area contributed by atoms with E-state index in [-0.39, 0.29) is 38.0 Å². The highest BCUT2D eigenvalue weighted by molar-refractivity contribution is 6.64. The molecule has 0 bridgehead atoms. The van der Waals surface area contributed by atoms with Crippen LogP contribution >= 0.6 is 0 Å². The van der Waals surface area contributed by atoms with Gasteiger partial charge in [0, 0.05) is 31.3 Å². The topological polar surface area (TPSA) is 65.8 Å². The highest BCUT2D eigenvalue weighted by Gasteiger charge is 2.53. The molecule has 2 aromatic rings. The highest BCUT2D eigenvalue weighted by atomic mass is 19.4. The first-order valence-corrected chi connectivity index (χ1v) is 12.4. The first kappa shape index (κ1) is 27.7. The number of fused-ring (bicyclic) bond motifs is 1. The molecule has 2 aliphatic rings. The minimum atomic E-state index is -4.57. The van der Waals surface area contributed by atoms with Gasteiger partial charge in [0.25, 0.3) is 0 Å². The normalized spacial score (nSPS) is 21.5. The summed E-state index contributed by atoms with van der Waals surface area (Å²) in [5.74, 6) is 0. The number of hydrogen-bond donors (Lipinski definition) is 0. The molecule has 7 nitrogen and oxygen atoms in total. The third-order valence-electron chi connectivity index (χ3n) is 7.33. The molecule has 12 heteroatoms. The van der Waals surface area contributed by atoms with Crippen LogP contribution in [0.1, 0.15) is 66.9 Å². The third kappa shape index (κ3) is 5.60. The van der Waals surface area contributed by atoms with E-state index in [0.717, 1.165) is 12.1 Å². The van der Waals surface area contributed by atoms with Gasteiger partial charge in [-0.1, -0.05) is 6.07 Å². The summed E-state index contributed by atoms with van der Waals surface area (Å²) in [6.45, 7) is 12.7. The molecule has 2 saturated heterocycles. The summed E-state index contributed by atoms with van der Waals surface area (Å²) in [4.78, 5) is 13.8. The summed E-state index contributed by atoms with van der Waals surface area (Å²) in [6, 6.07) is 3.29. The van der Waals surface area contributed by atoms with E-state index in [9.17, 15) is 18.0 Å². The lowest BCUT2D eigenvalue weighted by molar-refractivity contribution is -0.137. The number of halogens is 4. The van der Waals surface area contributed by atoms with Crippen molar-refractivity contribution in [3.63, 3.8) is 0 Å². The Morgan fingerprint density at radius 2 is 1.65 bits per heavy atom. The van der Waals surface area contributed by atoms with Crippen molar-refractivity contribution < 1.29 is 36.4 Å². The predicted octanol–water partition coefficient (Wildman–Crippen LogP) is 5.09. The number of likely N-dealkylation sites (tertiary alicyclic amines) is 1. The second kappa shape index (κ2) is 8.86. The maximum atomic E-state index is 16.0. The van der Waals surface area contributed by atoms with Crippen LogP contribution in [0.15, 0.2) is 18.2 Å². The first-order valence-electron chi connectivity index (χ1n) is 12.4. The molecule has 2 aliphatic heterocycles. The van der Waals surface area contributed by atoms with Gasteiger partial charge in [0.1, 0.15) is 16.9 Å². The number of alkyl halides is 4. The summed E-state index contributed by atoms with van der Waals surface area (Å²) in [5.41, 5.74) is -4.23. The van der Waals surface area contributed by atoms with Crippen LogP contribution in [0.2, 0.25) is 0 Å². The number of ether oxygens (including phenoxy) is 1. The van der Waals surface area contributed by atoms with Gasteiger partial charge in [-0.05, 0) is 60.6 Å². The molecule has 0 N–H and O–H groups in total. The highest BCUT2D eigenvalue weighted by Crippen LogP contribution is 2.38. The van der Waals surface area contributed by atoms with Crippen LogP contribution in [-0.2, 0) is 26.8 Å². The SMILES string of the molecule is CC(C)(C)OC(=O)N1CCC(F)(Cn2nc(B3OC(C)(C)C(C)(C)O3)c3ccc(C(F)(F)F)cc32)CC1.